The molecule has 0 aliphatic rings. The first-order valence-electron chi connectivity index (χ1n) is 6.27. The number of hydrogen-bond donors (Lipinski definition) is 1. The van der Waals surface area contributed by atoms with Crippen molar-refractivity contribution in [3.05, 3.63) is 58.1 Å². The van der Waals surface area contributed by atoms with E-state index in [0.29, 0.717) is 5.92 Å². The molecule has 19 heavy (non-hydrogen) atoms. The van der Waals surface area contributed by atoms with E-state index in [0.717, 1.165) is 14.9 Å². The molecule has 0 aliphatic heterocycles. The number of aliphatic hydroxyl groups excluding tert-OH is 1. The van der Waals surface area contributed by atoms with Gasteiger partial charge in [0.1, 0.15) is 0 Å². The second-order valence-corrected chi connectivity index (χ2v) is 6.77. The Hall–Kier alpha value is -0.770. The lowest BCUT2D eigenvalue weighted by Gasteiger charge is -2.09. The number of benzene rings is 2. The van der Waals surface area contributed by atoms with Crippen molar-refractivity contribution in [2.45, 2.75) is 36.2 Å². The topological polar surface area (TPSA) is 20.2 Å². The van der Waals surface area contributed by atoms with E-state index in [-0.39, 0.29) is 6.61 Å². The minimum atomic E-state index is 0.0614. The van der Waals surface area contributed by atoms with Crippen LogP contribution in [0, 0.1) is 0 Å². The molecular formula is C16H17BrOS. The minimum absolute atomic E-state index is 0.0614. The fraction of sp³-hybridized carbons (Fsp3) is 0.250. The third kappa shape index (κ3) is 3.85. The first-order valence-corrected chi connectivity index (χ1v) is 7.88. The van der Waals surface area contributed by atoms with Gasteiger partial charge in [0, 0.05) is 14.3 Å². The quantitative estimate of drug-likeness (QED) is 0.826. The molecule has 1 N–H and O–H groups in total. The highest BCUT2D eigenvalue weighted by Gasteiger charge is 2.05. The molecule has 2 aromatic carbocycles. The normalized spacial score (nSPS) is 11.0. The van der Waals surface area contributed by atoms with Crippen LogP contribution in [0.25, 0.3) is 0 Å². The summed E-state index contributed by atoms with van der Waals surface area (Å²) in [6, 6.07) is 14.6. The Kier molecular flexibility index (Phi) is 5.08. The van der Waals surface area contributed by atoms with Crippen LogP contribution < -0.4 is 0 Å². The Morgan fingerprint density at radius 2 is 1.79 bits per heavy atom. The van der Waals surface area contributed by atoms with Gasteiger partial charge >= 0.3 is 0 Å². The van der Waals surface area contributed by atoms with Crippen molar-refractivity contribution in [2.75, 3.05) is 0 Å². The van der Waals surface area contributed by atoms with Gasteiger partial charge in [-0.05, 0) is 47.4 Å². The molecule has 0 saturated heterocycles. The lowest BCUT2D eigenvalue weighted by atomic mass is 10.0. The second kappa shape index (κ2) is 6.60. The van der Waals surface area contributed by atoms with Crippen molar-refractivity contribution in [1.82, 2.24) is 0 Å². The molecule has 2 aromatic rings. The van der Waals surface area contributed by atoms with Crippen LogP contribution in [0.2, 0.25) is 0 Å². The van der Waals surface area contributed by atoms with E-state index in [1.807, 2.05) is 18.2 Å². The van der Waals surface area contributed by atoms with Crippen LogP contribution in [0.4, 0.5) is 0 Å². The molecule has 100 valence electrons. The maximum absolute atomic E-state index is 9.40. The van der Waals surface area contributed by atoms with Gasteiger partial charge in [-0.15, -0.1) is 0 Å². The minimum Gasteiger partial charge on any atom is -0.392 e. The SMILES string of the molecule is CC(C)c1ccc(Sc2ccc(Br)cc2CO)cc1. The van der Waals surface area contributed by atoms with Crippen LogP contribution in [0.1, 0.15) is 30.9 Å². The van der Waals surface area contributed by atoms with Crippen LogP contribution in [0.5, 0.6) is 0 Å². The van der Waals surface area contributed by atoms with E-state index >= 15 is 0 Å². The zero-order valence-corrected chi connectivity index (χ0v) is 13.5. The summed E-state index contributed by atoms with van der Waals surface area (Å²) < 4.78 is 0.996. The first-order chi connectivity index (χ1) is 9.10. The summed E-state index contributed by atoms with van der Waals surface area (Å²) in [5.41, 5.74) is 2.30. The van der Waals surface area contributed by atoms with Gasteiger partial charge in [0.15, 0.2) is 0 Å². The van der Waals surface area contributed by atoms with Crippen LogP contribution in [-0.4, -0.2) is 5.11 Å². The average Bonchev–Trinajstić information content (AvgIpc) is 2.41. The fourth-order valence-corrected chi connectivity index (χ4v) is 3.14. The van der Waals surface area contributed by atoms with Gasteiger partial charge < -0.3 is 5.11 Å². The van der Waals surface area contributed by atoms with Crippen LogP contribution in [0.15, 0.2) is 56.7 Å². The van der Waals surface area contributed by atoms with Crippen molar-refractivity contribution in [2.24, 2.45) is 0 Å². The number of aliphatic hydroxyl groups is 1. The third-order valence-corrected chi connectivity index (χ3v) is 4.59. The highest BCUT2D eigenvalue weighted by Crippen LogP contribution is 2.32. The molecule has 2 rings (SSSR count). The van der Waals surface area contributed by atoms with Gasteiger partial charge in [-0.25, -0.2) is 0 Å². The van der Waals surface area contributed by atoms with E-state index in [1.165, 1.54) is 10.5 Å². The van der Waals surface area contributed by atoms with E-state index in [4.69, 9.17) is 0 Å². The lowest BCUT2D eigenvalue weighted by molar-refractivity contribution is 0.279. The van der Waals surface area contributed by atoms with Gasteiger partial charge in [0.25, 0.3) is 0 Å². The molecule has 0 heterocycles. The van der Waals surface area contributed by atoms with Crippen molar-refractivity contribution >= 4 is 27.7 Å². The first kappa shape index (κ1) is 14.6. The van der Waals surface area contributed by atoms with Gasteiger partial charge in [-0.3, -0.25) is 0 Å². The molecule has 0 fully saturated rings. The van der Waals surface area contributed by atoms with Gasteiger partial charge in [-0.1, -0.05) is 53.7 Å². The summed E-state index contributed by atoms with van der Waals surface area (Å²) in [5.74, 6) is 0.555. The summed E-state index contributed by atoms with van der Waals surface area (Å²) >= 11 is 5.11. The predicted octanol–water partition coefficient (Wildman–Crippen LogP) is 5.22. The highest BCUT2D eigenvalue weighted by molar-refractivity contribution is 9.10. The number of halogens is 1. The maximum Gasteiger partial charge on any atom is 0.0693 e. The summed E-state index contributed by atoms with van der Waals surface area (Å²) in [6.45, 7) is 4.45. The Morgan fingerprint density at radius 3 is 2.37 bits per heavy atom. The fourth-order valence-electron chi connectivity index (χ4n) is 1.82. The van der Waals surface area contributed by atoms with Crippen molar-refractivity contribution < 1.29 is 5.11 Å². The molecule has 0 amide bonds. The van der Waals surface area contributed by atoms with Crippen molar-refractivity contribution in [3.8, 4) is 0 Å². The number of rotatable bonds is 4. The molecule has 0 aliphatic carbocycles. The molecule has 0 unspecified atom stereocenters. The zero-order chi connectivity index (χ0) is 13.8. The molecule has 0 atom stereocenters. The Bertz CT molecular complexity index is 549. The van der Waals surface area contributed by atoms with E-state index < -0.39 is 0 Å². The van der Waals surface area contributed by atoms with Crippen molar-refractivity contribution in [1.29, 1.82) is 0 Å². The van der Waals surface area contributed by atoms with Crippen LogP contribution in [0.3, 0.4) is 0 Å². The lowest BCUT2D eigenvalue weighted by Crippen LogP contribution is -1.89. The summed E-state index contributed by atoms with van der Waals surface area (Å²) in [7, 11) is 0. The predicted molar refractivity (Wildman–Crippen MR) is 84.7 cm³/mol. The molecule has 3 heteroatoms. The molecular weight excluding hydrogens is 320 g/mol. The van der Waals surface area contributed by atoms with E-state index in [9.17, 15) is 5.11 Å². The summed E-state index contributed by atoms with van der Waals surface area (Å²) in [5, 5.41) is 9.40. The molecule has 1 nitrogen and oxygen atoms in total. The Labute approximate surface area is 127 Å². The third-order valence-electron chi connectivity index (χ3n) is 2.97. The molecule has 0 bridgehead atoms. The largest absolute Gasteiger partial charge is 0.392 e. The molecule has 0 radical (unpaired) electrons. The Morgan fingerprint density at radius 1 is 1.11 bits per heavy atom. The van der Waals surface area contributed by atoms with E-state index in [1.54, 1.807) is 11.8 Å². The maximum atomic E-state index is 9.40. The second-order valence-electron chi connectivity index (χ2n) is 4.74. The highest BCUT2D eigenvalue weighted by atomic mass is 79.9. The zero-order valence-electron chi connectivity index (χ0n) is 11.1. The van der Waals surface area contributed by atoms with Crippen molar-refractivity contribution in [3.63, 3.8) is 0 Å². The Balaban J connectivity index is 2.21. The van der Waals surface area contributed by atoms with Gasteiger partial charge in [0.2, 0.25) is 0 Å². The van der Waals surface area contributed by atoms with Crippen LogP contribution >= 0.6 is 27.7 Å². The molecule has 0 aromatic heterocycles. The smallest absolute Gasteiger partial charge is 0.0693 e. The van der Waals surface area contributed by atoms with E-state index in [2.05, 4.69) is 54.0 Å². The number of hydrogen-bond acceptors (Lipinski definition) is 2. The standard InChI is InChI=1S/C16H17BrOS/c1-11(2)12-3-6-15(7-4-12)19-16-8-5-14(17)9-13(16)10-18/h3-9,11,18H,10H2,1-2H3. The monoisotopic (exact) mass is 336 g/mol. The summed E-state index contributed by atoms with van der Waals surface area (Å²) in [4.78, 5) is 2.30. The summed E-state index contributed by atoms with van der Waals surface area (Å²) in [6.07, 6.45) is 0. The van der Waals surface area contributed by atoms with Crippen LogP contribution in [-0.2, 0) is 6.61 Å². The average molecular weight is 337 g/mol. The molecule has 0 saturated carbocycles. The van der Waals surface area contributed by atoms with Gasteiger partial charge in [-0.2, -0.15) is 0 Å². The van der Waals surface area contributed by atoms with Gasteiger partial charge in [0.05, 0.1) is 6.61 Å². The molecule has 0 spiro atoms.